The molecule has 0 aliphatic rings. The zero-order valence-corrected chi connectivity index (χ0v) is 14.9. The van der Waals surface area contributed by atoms with E-state index in [1.165, 1.54) is 13.8 Å². The first kappa shape index (κ1) is 42.8. The second-order valence-electron chi connectivity index (χ2n) is 2.40. The molecule has 0 bridgehead atoms. The van der Waals surface area contributed by atoms with Crippen LogP contribution in [0.4, 0.5) is 0 Å². The summed E-state index contributed by atoms with van der Waals surface area (Å²) in [5, 5.41) is 17.2. The topological polar surface area (TPSA) is 145 Å². The maximum Gasteiger partial charge on any atom is 0.300 e. The van der Waals surface area contributed by atoms with Gasteiger partial charge in [0.2, 0.25) is 5.91 Å². The Morgan fingerprint density at radius 2 is 0.950 bits per heavy atom. The normalized spacial score (nSPS) is 5.45. The van der Waals surface area contributed by atoms with Crippen LogP contribution >= 0.6 is 0 Å². The third kappa shape index (κ3) is 4480. The molecule has 0 aliphatic heterocycles. The van der Waals surface area contributed by atoms with Crippen molar-refractivity contribution in [1.82, 2.24) is 5.32 Å². The number of carbonyl (C=O) groups is 4. The van der Waals surface area contributed by atoms with Gasteiger partial charge in [0, 0.05) is 66.4 Å². The molecule has 0 aliphatic carbocycles. The summed E-state index contributed by atoms with van der Waals surface area (Å²) >= 11 is 0. The van der Waals surface area contributed by atoms with Crippen molar-refractivity contribution in [2.45, 2.75) is 35.1 Å². The van der Waals surface area contributed by atoms with E-state index in [1.54, 1.807) is 7.05 Å². The SMILES string of the molecule is C.CC(=O)O.CC(=O)O.CC([NH-])=O.CNC(C)=O.[CH3-].[Y]. The van der Waals surface area contributed by atoms with E-state index in [4.69, 9.17) is 30.3 Å². The van der Waals surface area contributed by atoms with Gasteiger partial charge in [-0.05, 0) is 6.92 Å². The van der Waals surface area contributed by atoms with E-state index in [2.05, 4.69) is 5.32 Å². The van der Waals surface area contributed by atoms with E-state index in [-0.39, 0.29) is 53.5 Å². The molecule has 2 amide bonds. The van der Waals surface area contributed by atoms with Crippen LogP contribution in [-0.2, 0) is 51.9 Å². The van der Waals surface area contributed by atoms with Gasteiger partial charge in [-0.1, -0.05) is 7.43 Å². The molecular weight excluding hydrogens is 345 g/mol. The van der Waals surface area contributed by atoms with Crippen molar-refractivity contribution in [3.63, 3.8) is 0 Å². The molecule has 121 valence electrons. The molecule has 0 aromatic heterocycles. The van der Waals surface area contributed by atoms with Crippen molar-refractivity contribution >= 4 is 23.8 Å². The van der Waals surface area contributed by atoms with Crippen LogP contribution in [0.15, 0.2) is 0 Å². The van der Waals surface area contributed by atoms with Gasteiger partial charge in [0.15, 0.2) is 0 Å². The largest absolute Gasteiger partial charge is 0.668 e. The molecule has 0 unspecified atom stereocenters. The minimum Gasteiger partial charge on any atom is -0.668 e. The van der Waals surface area contributed by atoms with Gasteiger partial charge in [-0.25, -0.2) is 0 Å². The van der Waals surface area contributed by atoms with E-state index in [1.807, 2.05) is 0 Å². The minimum absolute atomic E-state index is 0. The second kappa shape index (κ2) is 36.1. The Labute approximate surface area is 146 Å². The van der Waals surface area contributed by atoms with E-state index < -0.39 is 17.8 Å². The van der Waals surface area contributed by atoms with Crippen molar-refractivity contribution in [3.8, 4) is 0 Å². The van der Waals surface area contributed by atoms with Gasteiger partial charge in [-0.3, -0.25) is 14.4 Å². The number of carbonyl (C=O) groups excluding carboxylic acids is 2. The first-order valence-corrected chi connectivity index (χ1v) is 4.26. The second-order valence-corrected chi connectivity index (χ2v) is 2.40. The van der Waals surface area contributed by atoms with Crippen molar-refractivity contribution in [3.05, 3.63) is 13.2 Å². The van der Waals surface area contributed by atoms with E-state index in [0.29, 0.717) is 0 Å². The monoisotopic (exact) mass is 371 g/mol. The number of hydrogen-bond donors (Lipinski definition) is 3. The molecule has 9 heteroatoms. The summed E-state index contributed by atoms with van der Waals surface area (Å²) in [4.78, 5) is 36.8. The summed E-state index contributed by atoms with van der Waals surface area (Å²) in [6.07, 6.45) is 0. The van der Waals surface area contributed by atoms with Crippen LogP contribution in [0, 0.1) is 7.43 Å². The van der Waals surface area contributed by atoms with Crippen LogP contribution in [0.2, 0.25) is 0 Å². The van der Waals surface area contributed by atoms with E-state index in [9.17, 15) is 4.79 Å². The molecule has 0 spiro atoms. The Morgan fingerprint density at radius 1 is 0.900 bits per heavy atom. The third-order valence-corrected chi connectivity index (χ3v) is 0.352. The zero-order valence-electron chi connectivity index (χ0n) is 12.1. The molecule has 0 rings (SSSR count). The summed E-state index contributed by atoms with van der Waals surface area (Å²) in [6.45, 7) is 4.83. The molecule has 1 radical (unpaired) electrons. The first-order valence-electron chi connectivity index (χ1n) is 4.26. The number of nitrogens with one attached hydrogen (secondary N) is 2. The smallest absolute Gasteiger partial charge is 0.300 e. The Hall–Kier alpha value is -1.02. The van der Waals surface area contributed by atoms with Gasteiger partial charge in [-0.15, -0.1) is 0 Å². The maximum atomic E-state index is 9.70. The fraction of sp³-hybridized carbons (Fsp3) is 0.545. The molecule has 20 heavy (non-hydrogen) atoms. The summed E-state index contributed by atoms with van der Waals surface area (Å²) in [5.74, 6) is -2.25. The van der Waals surface area contributed by atoms with Gasteiger partial charge in [0.25, 0.3) is 11.9 Å². The van der Waals surface area contributed by atoms with Gasteiger partial charge in [-0.2, -0.15) is 0 Å². The van der Waals surface area contributed by atoms with Crippen molar-refractivity contribution in [2.75, 3.05) is 7.05 Å². The maximum absolute atomic E-state index is 9.70. The number of hydrogen-bond acceptors (Lipinski definition) is 4. The summed E-state index contributed by atoms with van der Waals surface area (Å²) in [6, 6.07) is 0. The Morgan fingerprint density at radius 3 is 0.950 bits per heavy atom. The summed E-state index contributed by atoms with van der Waals surface area (Å²) < 4.78 is 0. The first-order chi connectivity index (χ1) is 7.47. The van der Waals surface area contributed by atoms with Crippen LogP contribution in [0.3, 0.4) is 0 Å². The third-order valence-electron chi connectivity index (χ3n) is 0.352. The quantitative estimate of drug-likeness (QED) is 0.552. The average Bonchev–Trinajstić information content (AvgIpc) is 2.00. The fourth-order valence-electron chi connectivity index (χ4n) is 0. The van der Waals surface area contributed by atoms with Crippen LogP contribution in [0.1, 0.15) is 35.1 Å². The van der Waals surface area contributed by atoms with Gasteiger partial charge in [0.1, 0.15) is 0 Å². The molecule has 0 atom stereocenters. The standard InChI is InChI=1S/C3H7NO.C2H5NO.2C2H4O2.CH4.CH3.Y/c1-3(5)4-2;3*1-2(3)4;;;/h1-2H3,(H,4,5);1H3,(H2,3,4);2*1H3,(H,3,4);1H4;1H3;/q;;;;;-1;/p-1. The predicted molar refractivity (Wildman–Crippen MR) is 74.5 cm³/mol. The van der Waals surface area contributed by atoms with Crippen molar-refractivity contribution in [1.29, 1.82) is 0 Å². The number of carboxylic acid groups (broad SMARTS) is 2. The molecule has 0 saturated heterocycles. The number of rotatable bonds is 0. The molecular formula is C11H26N2O6Y-2. The summed E-state index contributed by atoms with van der Waals surface area (Å²) in [5.41, 5.74) is 5.94. The van der Waals surface area contributed by atoms with Crippen molar-refractivity contribution < 1.29 is 62.1 Å². The average molecular weight is 371 g/mol. The molecule has 8 nitrogen and oxygen atoms in total. The number of carboxylic acids is 2. The van der Waals surface area contributed by atoms with Crippen molar-refractivity contribution in [2.24, 2.45) is 0 Å². The van der Waals surface area contributed by atoms with Crippen LogP contribution in [0.25, 0.3) is 5.73 Å². The number of aliphatic carboxylic acids is 2. The zero-order chi connectivity index (χ0) is 15.0. The van der Waals surface area contributed by atoms with Gasteiger partial charge < -0.3 is 33.5 Å². The number of amides is 2. The van der Waals surface area contributed by atoms with Crippen LogP contribution in [0.5, 0.6) is 0 Å². The summed E-state index contributed by atoms with van der Waals surface area (Å²) in [7, 11) is 1.60. The molecule has 0 aromatic rings. The Bertz CT molecular complexity index is 207. The molecule has 0 aromatic carbocycles. The van der Waals surface area contributed by atoms with Crippen LogP contribution < -0.4 is 5.32 Å². The Kier molecular flexibility index (Phi) is 77.2. The molecule has 0 heterocycles. The fourth-order valence-corrected chi connectivity index (χ4v) is 0. The molecule has 0 saturated carbocycles. The van der Waals surface area contributed by atoms with Gasteiger partial charge >= 0.3 is 0 Å². The Balaban J connectivity index is -0.0000000216. The van der Waals surface area contributed by atoms with Gasteiger partial charge in [0.05, 0.1) is 0 Å². The predicted octanol–water partition coefficient (Wildman–Crippen LogP) is 1.60. The van der Waals surface area contributed by atoms with E-state index in [0.717, 1.165) is 13.8 Å². The van der Waals surface area contributed by atoms with Crippen LogP contribution in [-0.4, -0.2) is 41.0 Å². The minimum atomic E-state index is -0.833. The molecule has 4 N–H and O–H groups in total. The van der Waals surface area contributed by atoms with E-state index >= 15 is 0 Å². The molecule has 0 fully saturated rings.